The topological polar surface area (TPSA) is 46.6 Å². The van der Waals surface area contributed by atoms with Crippen molar-refractivity contribution in [3.63, 3.8) is 0 Å². The molecule has 0 N–H and O–H groups in total. The number of hydrogen-bond donors (Lipinski definition) is 0. The highest BCUT2D eigenvalue weighted by molar-refractivity contribution is 6.20. The van der Waals surface area contributed by atoms with Gasteiger partial charge in [0.05, 0.1) is 11.1 Å². The maximum atomic E-state index is 12.3. The van der Waals surface area contributed by atoms with Gasteiger partial charge in [-0.25, -0.2) is 0 Å². The molecule has 24 heavy (non-hydrogen) atoms. The second kappa shape index (κ2) is 5.66. The Hall–Kier alpha value is -3.40. The predicted molar refractivity (Wildman–Crippen MR) is 89.4 cm³/mol. The van der Waals surface area contributed by atoms with Crippen molar-refractivity contribution < 1.29 is 14.4 Å². The van der Waals surface area contributed by atoms with Gasteiger partial charge in [-0.2, -0.15) is 0 Å². The molecule has 0 aliphatic carbocycles. The maximum absolute atomic E-state index is 12.3. The highest BCUT2D eigenvalue weighted by Crippen LogP contribution is 2.26. The van der Waals surface area contributed by atoms with Crippen molar-refractivity contribution in [1.82, 2.24) is 5.06 Å². The second-order valence-corrected chi connectivity index (χ2v) is 5.43. The van der Waals surface area contributed by atoms with E-state index in [0.717, 1.165) is 16.2 Å². The van der Waals surface area contributed by atoms with Crippen LogP contribution in [0.25, 0.3) is 11.1 Å². The van der Waals surface area contributed by atoms with E-state index in [9.17, 15) is 9.59 Å². The Kier molecular flexibility index (Phi) is 3.35. The van der Waals surface area contributed by atoms with Gasteiger partial charge in [-0.1, -0.05) is 59.7 Å². The van der Waals surface area contributed by atoms with E-state index in [1.54, 1.807) is 36.4 Å². The van der Waals surface area contributed by atoms with Crippen LogP contribution in [0.1, 0.15) is 20.7 Å². The number of nitrogens with zero attached hydrogens (tertiary/aromatic N) is 1. The van der Waals surface area contributed by atoms with Crippen molar-refractivity contribution in [1.29, 1.82) is 0 Å². The fourth-order valence-electron chi connectivity index (χ4n) is 2.69. The summed E-state index contributed by atoms with van der Waals surface area (Å²) in [5, 5.41) is 0.808. The molecule has 4 nitrogen and oxygen atoms in total. The van der Waals surface area contributed by atoms with Crippen LogP contribution < -0.4 is 4.84 Å². The molecule has 0 aromatic heterocycles. The summed E-state index contributed by atoms with van der Waals surface area (Å²) >= 11 is 0. The molecule has 3 aromatic carbocycles. The van der Waals surface area contributed by atoms with Gasteiger partial charge in [0.15, 0.2) is 5.75 Å². The first-order chi connectivity index (χ1) is 11.7. The summed E-state index contributed by atoms with van der Waals surface area (Å²) in [4.78, 5) is 30.1. The monoisotopic (exact) mass is 315 g/mol. The third kappa shape index (κ3) is 2.34. The quantitative estimate of drug-likeness (QED) is 0.688. The third-order valence-electron chi connectivity index (χ3n) is 3.91. The van der Waals surface area contributed by atoms with E-state index in [4.69, 9.17) is 4.84 Å². The van der Waals surface area contributed by atoms with Crippen molar-refractivity contribution in [3.05, 3.63) is 90.0 Å². The molecule has 4 heteroatoms. The van der Waals surface area contributed by atoms with Crippen molar-refractivity contribution in [2.45, 2.75) is 0 Å². The molecule has 0 radical (unpaired) electrons. The first-order valence-corrected chi connectivity index (χ1v) is 7.55. The van der Waals surface area contributed by atoms with Crippen LogP contribution >= 0.6 is 0 Å². The molecule has 0 bridgehead atoms. The lowest BCUT2D eigenvalue weighted by atomic mass is 10.1. The van der Waals surface area contributed by atoms with Crippen LogP contribution in [0.15, 0.2) is 78.9 Å². The minimum Gasteiger partial charge on any atom is -0.368 e. The van der Waals surface area contributed by atoms with Crippen LogP contribution in [-0.2, 0) is 0 Å². The Labute approximate surface area is 138 Å². The Balaban J connectivity index is 1.57. The Morgan fingerprint density at radius 1 is 0.583 bits per heavy atom. The number of fused-ring (bicyclic) bond motifs is 1. The van der Waals surface area contributed by atoms with E-state index in [1.165, 1.54) is 0 Å². The van der Waals surface area contributed by atoms with Gasteiger partial charge in [0.25, 0.3) is 11.8 Å². The van der Waals surface area contributed by atoms with Crippen LogP contribution in [0.4, 0.5) is 0 Å². The van der Waals surface area contributed by atoms with E-state index in [-0.39, 0.29) is 0 Å². The molecule has 2 amide bonds. The lowest BCUT2D eigenvalue weighted by Gasteiger charge is -2.14. The van der Waals surface area contributed by atoms with Gasteiger partial charge in [-0.05, 0) is 35.4 Å². The molecule has 0 saturated heterocycles. The number of carbonyl (C=O) groups is 2. The number of rotatable bonds is 3. The molecule has 0 fully saturated rings. The van der Waals surface area contributed by atoms with Crippen LogP contribution in [0.2, 0.25) is 0 Å². The van der Waals surface area contributed by atoms with Crippen molar-refractivity contribution in [2.75, 3.05) is 0 Å². The minimum absolute atomic E-state index is 0.364. The molecule has 0 saturated carbocycles. The second-order valence-electron chi connectivity index (χ2n) is 5.43. The van der Waals surface area contributed by atoms with E-state index in [2.05, 4.69) is 0 Å². The van der Waals surface area contributed by atoms with E-state index >= 15 is 0 Å². The molecule has 0 atom stereocenters. The number of amides is 2. The molecule has 0 unspecified atom stereocenters. The number of hydroxylamine groups is 2. The molecular weight excluding hydrogens is 302 g/mol. The standard InChI is InChI=1S/C20H13NO3/c22-19-17-8-4-5-9-18(17)20(23)21(19)24-16-12-10-15(11-13-16)14-6-2-1-3-7-14/h1-13H. The molecule has 1 heterocycles. The molecule has 1 aliphatic heterocycles. The van der Waals surface area contributed by atoms with E-state index in [0.29, 0.717) is 16.9 Å². The van der Waals surface area contributed by atoms with E-state index in [1.807, 2.05) is 42.5 Å². The fraction of sp³-hybridized carbons (Fsp3) is 0. The molecular formula is C20H13NO3. The highest BCUT2D eigenvalue weighted by Gasteiger charge is 2.37. The van der Waals surface area contributed by atoms with Gasteiger partial charge in [0, 0.05) is 0 Å². The van der Waals surface area contributed by atoms with E-state index < -0.39 is 11.8 Å². The summed E-state index contributed by atoms with van der Waals surface area (Å²) in [6, 6.07) is 23.9. The normalized spacial score (nSPS) is 13.1. The third-order valence-corrected chi connectivity index (χ3v) is 3.91. The summed E-state index contributed by atoms with van der Waals surface area (Å²) in [6.07, 6.45) is 0. The summed E-state index contributed by atoms with van der Waals surface area (Å²) in [6.45, 7) is 0. The molecule has 4 rings (SSSR count). The van der Waals surface area contributed by atoms with Gasteiger partial charge < -0.3 is 4.84 Å². The summed E-state index contributed by atoms with van der Waals surface area (Å²) < 4.78 is 0. The van der Waals surface area contributed by atoms with Gasteiger partial charge in [-0.3, -0.25) is 9.59 Å². The van der Waals surface area contributed by atoms with Crippen LogP contribution in [0.5, 0.6) is 5.75 Å². The molecule has 116 valence electrons. The smallest absolute Gasteiger partial charge is 0.295 e. The van der Waals surface area contributed by atoms with Crippen LogP contribution in [-0.4, -0.2) is 16.9 Å². The first-order valence-electron chi connectivity index (χ1n) is 7.55. The lowest BCUT2D eigenvalue weighted by molar-refractivity contribution is -0.0140. The average Bonchev–Trinajstić information content (AvgIpc) is 2.88. The largest absolute Gasteiger partial charge is 0.368 e. The number of imide groups is 1. The van der Waals surface area contributed by atoms with Crippen molar-refractivity contribution >= 4 is 11.8 Å². The first kappa shape index (κ1) is 14.2. The van der Waals surface area contributed by atoms with Crippen molar-refractivity contribution in [2.24, 2.45) is 0 Å². The van der Waals surface area contributed by atoms with Crippen molar-refractivity contribution in [3.8, 4) is 16.9 Å². The molecule has 3 aromatic rings. The Bertz CT molecular complexity index is 882. The average molecular weight is 315 g/mol. The SMILES string of the molecule is O=C1c2ccccc2C(=O)N1Oc1ccc(-c2ccccc2)cc1. The Morgan fingerprint density at radius 3 is 1.67 bits per heavy atom. The highest BCUT2D eigenvalue weighted by atomic mass is 16.7. The van der Waals surface area contributed by atoms with Crippen LogP contribution in [0.3, 0.4) is 0 Å². The number of carbonyl (C=O) groups excluding carboxylic acids is 2. The predicted octanol–water partition coefficient (Wildman–Crippen LogP) is 3.94. The van der Waals surface area contributed by atoms with Gasteiger partial charge >= 0.3 is 0 Å². The zero-order chi connectivity index (χ0) is 16.5. The number of hydrogen-bond acceptors (Lipinski definition) is 3. The zero-order valence-electron chi connectivity index (χ0n) is 12.7. The summed E-state index contributed by atoms with van der Waals surface area (Å²) in [5.41, 5.74) is 2.85. The summed E-state index contributed by atoms with van der Waals surface area (Å²) in [5.74, 6) is -0.449. The minimum atomic E-state index is -0.442. The van der Waals surface area contributed by atoms with Gasteiger partial charge in [-0.15, -0.1) is 0 Å². The molecule has 1 aliphatic rings. The van der Waals surface area contributed by atoms with Gasteiger partial charge in [0.2, 0.25) is 0 Å². The zero-order valence-corrected chi connectivity index (χ0v) is 12.7. The van der Waals surface area contributed by atoms with Crippen LogP contribution in [0, 0.1) is 0 Å². The maximum Gasteiger partial charge on any atom is 0.295 e. The molecule has 0 spiro atoms. The lowest BCUT2D eigenvalue weighted by Crippen LogP contribution is -2.33. The Morgan fingerprint density at radius 2 is 1.08 bits per heavy atom. The summed E-state index contributed by atoms with van der Waals surface area (Å²) in [7, 11) is 0. The fourth-order valence-corrected chi connectivity index (χ4v) is 2.69. The number of benzene rings is 3. The van der Waals surface area contributed by atoms with Gasteiger partial charge in [0.1, 0.15) is 0 Å².